The second kappa shape index (κ2) is 48.5. The first kappa shape index (κ1) is 86.9. The maximum absolute atomic E-state index is 4.17. The molecule has 0 aliphatic heterocycles. The summed E-state index contributed by atoms with van der Waals surface area (Å²) in [6.07, 6.45) is 14.7. The van der Waals surface area contributed by atoms with Gasteiger partial charge in [-0.15, -0.1) is 0 Å². The van der Waals surface area contributed by atoms with Crippen molar-refractivity contribution in [3.63, 3.8) is 0 Å². The first-order valence-corrected chi connectivity index (χ1v) is 36.1. The number of pyridine rings is 4. The minimum Gasteiger partial charge on any atom is -0.264 e. The Balaban J connectivity index is 0.000000249. The van der Waals surface area contributed by atoms with Crippen LogP contribution in [0.3, 0.4) is 0 Å². The molecule has 0 aliphatic rings. The molecule has 14 rings (SSSR count). The second-order valence-corrected chi connectivity index (χ2v) is 27.0. The molecule has 8 heteroatoms. The van der Waals surface area contributed by atoms with Gasteiger partial charge in [0.2, 0.25) is 0 Å². The van der Waals surface area contributed by atoms with Gasteiger partial charge in [-0.2, -0.15) is 0 Å². The smallest absolute Gasteiger partial charge is 0.125 e. The van der Waals surface area contributed by atoms with Crippen LogP contribution in [0.15, 0.2) is 292 Å². The largest absolute Gasteiger partial charge is 0.264 e. The minimum atomic E-state index is 0.829. The molecular weight excluding hydrogens is 1290 g/mol. The van der Waals surface area contributed by atoms with E-state index in [0.29, 0.717) is 0 Å². The summed E-state index contributed by atoms with van der Waals surface area (Å²) in [7, 11) is 0. The number of rotatable bonds is 3. The van der Waals surface area contributed by atoms with Crippen molar-refractivity contribution in [2.24, 2.45) is 0 Å². The number of hydrogen-bond donors (Lipinski definition) is 0. The molecule has 8 nitrogen and oxygen atoms in total. The summed E-state index contributed by atoms with van der Waals surface area (Å²) < 4.78 is 0. The van der Waals surface area contributed by atoms with Gasteiger partial charge in [0, 0.05) is 72.4 Å². The maximum atomic E-state index is 4.17. The molecule has 106 heavy (non-hydrogen) atoms. The fourth-order valence-corrected chi connectivity index (χ4v) is 9.54. The molecular formula is C98H114N8. The molecule has 0 atom stereocenters. The van der Waals surface area contributed by atoms with Crippen LogP contribution in [0.1, 0.15) is 123 Å². The molecule has 0 aliphatic carbocycles. The van der Waals surface area contributed by atoms with E-state index in [2.05, 4.69) is 321 Å². The molecule has 0 amide bonds. The molecule has 0 unspecified atom stereocenters. The summed E-state index contributed by atoms with van der Waals surface area (Å²) in [6.45, 7) is 44.9. The standard InChI is InChI=1S/3C14H14.2C8H10.4C7H9N.2C6H8N2/c1-11-3-7-13(8-4-11)14-9-5-12(2)6-10-14;1-11-5-3-7-13(9-11)14-8-4-6-12(2)10-14;1-11-6-8-13(9-7-11)14-5-3-4-12(2)10-14;1-7-3-5-8(2)6-4-7;1-7-4-3-5-8(2)6-7;1-6-3-7(2)5-8-4-6;2*1-6-3-4-7(2)8-5-6;1-6-4-3-5-7(2)8-6;2*1-5-3-7-6(2)8-4-5/h3*3-10H,1-2H3;2*3-6H,1-2H3;4*3-5H,1-2H3;2*3-4H,1-2H3. The van der Waals surface area contributed by atoms with Crippen LogP contribution in [0.2, 0.25) is 0 Å². The van der Waals surface area contributed by atoms with E-state index in [1.165, 1.54) is 111 Å². The van der Waals surface area contributed by atoms with Crippen LogP contribution in [-0.2, 0) is 0 Å². The Kier molecular flexibility index (Phi) is 39.7. The van der Waals surface area contributed by atoms with Crippen molar-refractivity contribution in [1.82, 2.24) is 39.9 Å². The summed E-state index contributed by atoms with van der Waals surface area (Å²) in [5.74, 6) is 1.66. The molecule has 0 radical (unpaired) electrons. The van der Waals surface area contributed by atoms with Gasteiger partial charge in [0.15, 0.2) is 0 Å². The Labute approximate surface area is 637 Å². The lowest BCUT2D eigenvalue weighted by Crippen LogP contribution is -1.84. The molecule has 6 heterocycles. The molecule has 6 aromatic heterocycles. The minimum absolute atomic E-state index is 0.829. The predicted molar refractivity (Wildman–Crippen MR) is 454 cm³/mol. The van der Waals surface area contributed by atoms with Gasteiger partial charge in [-0.05, 0) is 243 Å². The Morgan fingerprint density at radius 2 is 0.387 bits per heavy atom. The van der Waals surface area contributed by atoms with E-state index < -0.39 is 0 Å². The van der Waals surface area contributed by atoms with Gasteiger partial charge >= 0.3 is 0 Å². The molecule has 0 N–H and O–H groups in total. The molecule has 0 saturated heterocycles. The van der Waals surface area contributed by atoms with Crippen LogP contribution in [0.5, 0.6) is 0 Å². The topological polar surface area (TPSA) is 103 Å². The maximum Gasteiger partial charge on any atom is 0.125 e. The average Bonchev–Trinajstić information content (AvgIpc) is 0.885. The first-order chi connectivity index (χ1) is 50.6. The van der Waals surface area contributed by atoms with Crippen LogP contribution < -0.4 is 0 Å². The highest BCUT2D eigenvalue weighted by Crippen LogP contribution is 2.23. The molecule has 0 bridgehead atoms. The van der Waals surface area contributed by atoms with Gasteiger partial charge in [0.05, 0.1) is 0 Å². The summed E-state index contributed by atoms with van der Waals surface area (Å²) in [4.78, 5) is 32.2. The summed E-state index contributed by atoms with van der Waals surface area (Å²) in [5, 5.41) is 0. The Morgan fingerprint density at radius 3 is 0.604 bits per heavy atom. The van der Waals surface area contributed by atoms with Crippen molar-refractivity contribution in [3.05, 3.63) is 416 Å². The number of aryl methyl sites for hydroxylation is 22. The monoisotopic (exact) mass is 1400 g/mol. The van der Waals surface area contributed by atoms with E-state index in [1.54, 1.807) is 0 Å². The first-order valence-electron chi connectivity index (χ1n) is 36.1. The summed E-state index contributed by atoms with van der Waals surface area (Å²) in [5.41, 5.74) is 32.4. The Morgan fingerprint density at radius 1 is 0.151 bits per heavy atom. The van der Waals surface area contributed by atoms with Crippen molar-refractivity contribution in [3.8, 4) is 33.4 Å². The predicted octanol–water partition coefficient (Wildman–Crippen LogP) is 25.5. The van der Waals surface area contributed by atoms with Crippen LogP contribution in [0.25, 0.3) is 33.4 Å². The fraction of sp³-hybridized carbons (Fsp3) is 0.224. The molecule has 14 aromatic rings. The molecule has 0 saturated carbocycles. The zero-order chi connectivity index (χ0) is 77.8. The third-order valence-corrected chi connectivity index (χ3v) is 15.6. The summed E-state index contributed by atoms with van der Waals surface area (Å²) >= 11 is 0. The lowest BCUT2D eigenvalue weighted by molar-refractivity contribution is 1.03. The number of hydrogen-bond acceptors (Lipinski definition) is 8. The summed E-state index contributed by atoms with van der Waals surface area (Å²) in [6, 6.07) is 84.9. The Bertz CT molecular complexity index is 4100. The van der Waals surface area contributed by atoms with Crippen molar-refractivity contribution in [2.75, 3.05) is 0 Å². The highest BCUT2D eigenvalue weighted by molar-refractivity contribution is 5.66. The van der Waals surface area contributed by atoms with Gasteiger partial charge in [-0.25, -0.2) is 19.9 Å². The van der Waals surface area contributed by atoms with E-state index in [-0.39, 0.29) is 0 Å². The zero-order valence-electron chi connectivity index (χ0n) is 67.3. The highest BCUT2D eigenvalue weighted by atomic mass is 14.8. The average molecular weight is 1400 g/mol. The van der Waals surface area contributed by atoms with E-state index in [1.807, 2.05) is 163 Å². The van der Waals surface area contributed by atoms with Gasteiger partial charge < -0.3 is 0 Å². The molecule has 0 spiro atoms. The van der Waals surface area contributed by atoms with Crippen LogP contribution in [0.4, 0.5) is 0 Å². The normalized spacial score (nSPS) is 9.60. The lowest BCUT2D eigenvalue weighted by Gasteiger charge is -2.03. The van der Waals surface area contributed by atoms with E-state index in [9.17, 15) is 0 Å². The van der Waals surface area contributed by atoms with Crippen LogP contribution >= 0.6 is 0 Å². The van der Waals surface area contributed by atoms with Crippen molar-refractivity contribution in [2.45, 2.75) is 152 Å². The highest BCUT2D eigenvalue weighted by Gasteiger charge is 2.00. The third kappa shape index (κ3) is 39.2. The van der Waals surface area contributed by atoms with Gasteiger partial charge in [0.1, 0.15) is 11.6 Å². The van der Waals surface area contributed by atoms with Crippen molar-refractivity contribution < 1.29 is 0 Å². The quantitative estimate of drug-likeness (QED) is 0.172. The van der Waals surface area contributed by atoms with Crippen LogP contribution in [0, 0.1) is 152 Å². The second-order valence-electron chi connectivity index (χ2n) is 27.0. The zero-order valence-corrected chi connectivity index (χ0v) is 67.3. The third-order valence-electron chi connectivity index (χ3n) is 15.6. The van der Waals surface area contributed by atoms with E-state index in [4.69, 9.17) is 0 Å². The van der Waals surface area contributed by atoms with Gasteiger partial charge in [-0.3, -0.25) is 19.9 Å². The van der Waals surface area contributed by atoms with Gasteiger partial charge in [0.25, 0.3) is 0 Å². The van der Waals surface area contributed by atoms with Crippen molar-refractivity contribution >= 4 is 0 Å². The lowest BCUT2D eigenvalue weighted by atomic mass is 10.0. The number of aromatic nitrogens is 8. The van der Waals surface area contributed by atoms with E-state index in [0.717, 1.165) is 45.6 Å². The van der Waals surface area contributed by atoms with Gasteiger partial charge in [-0.1, -0.05) is 274 Å². The van der Waals surface area contributed by atoms with Crippen LogP contribution in [-0.4, -0.2) is 39.9 Å². The fourth-order valence-electron chi connectivity index (χ4n) is 9.54. The van der Waals surface area contributed by atoms with E-state index >= 15 is 0 Å². The molecule has 8 aromatic carbocycles. The number of benzene rings is 8. The Hall–Kier alpha value is -11.5. The SMILES string of the molecule is Cc1ccc(-c2ccc(C)cc2)cc1.Cc1ccc(-c2cccc(C)c2)cc1.Cc1ccc(C)cc1.Cc1ccc(C)nc1.Cc1ccc(C)nc1.Cc1cccc(-c2cccc(C)c2)c1.Cc1cccc(C)c1.Cc1cccc(C)n1.Cc1cnc(C)nc1.Cc1cnc(C)nc1.Cc1cncc(C)c1. The molecule has 546 valence electrons. The number of nitrogens with zero attached hydrogens (tertiary/aromatic N) is 8. The van der Waals surface area contributed by atoms with Crippen molar-refractivity contribution in [1.29, 1.82) is 0 Å². The molecule has 0 fully saturated rings.